The lowest BCUT2D eigenvalue weighted by Gasteiger charge is -2.27. The molecule has 2 aromatic heterocycles. The lowest BCUT2D eigenvalue weighted by Crippen LogP contribution is -2.40. The first kappa shape index (κ1) is 22.2. The molecule has 0 bridgehead atoms. The van der Waals surface area contributed by atoms with Crippen molar-refractivity contribution in [3.63, 3.8) is 0 Å². The Morgan fingerprint density at radius 1 is 1.36 bits per heavy atom. The van der Waals surface area contributed by atoms with Gasteiger partial charge in [0.1, 0.15) is 5.82 Å². The van der Waals surface area contributed by atoms with Gasteiger partial charge in [0.15, 0.2) is 22.7 Å². The Morgan fingerprint density at radius 3 is 2.71 bits per heavy atom. The van der Waals surface area contributed by atoms with E-state index in [2.05, 4.69) is 31.3 Å². The van der Waals surface area contributed by atoms with Crippen molar-refractivity contribution in [2.45, 2.75) is 33.8 Å². The van der Waals surface area contributed by atoms with E-state index in [0.29, 0.717) is 53.8 Å². The number of rotatable bonds is 6. The van der Waals surface area contributed by atoms with E-state index in [9.17, 15) is 4.79 Å². The Morgan fingerprint density at radius 2 is 2.07 bits per heavy atom. The van der Waals surface area contributed by atoms with Gasteiger partial charge in [-0.15, -0.1) is 5.10 Å². The number of anilines is 1. The first-order valence-corrected chi connectivity index (χ1v) is 10.3. The third-order valence-electron chi connectivity index (χ3n) is 3.99. The number of morpholine rings is 1. The van der Waals surface area contributed by atoms with Gasteiger partial charge >= 0.3 is 0 Å². The third kappa shape index (κ3) is 5.45. The molecule has 8 nitrogen and oxygen atoms in total. The highest BCUT2D eigenvalue weighted by atomic mass is 79.9. The topological polar surface area (TPSA) is 81.0 Å². The molecule has 1 aliphatic heterocycles. The number of halogens is 1. The summed E-state index contributed by atoms with van der Waals surface area (Å²) in [6, 6.07) is 3.54. The maximum Gasteiger partial charge on any atom is 0.254 e. The molecule has 0 spiro atoms. The van der Waals surface area contributed by atoms with Crippen molar-refractivity contribution in [2.75, 3.05) is 38.7 Å². The molecule has 0 saturated carbocycles. The van der Waals surface area contributed by atoms with E-state index in [-0.39, 0.29) is 12.5 Å². The van der Waals surface area contributed by atoms with Crippen molar-refractivity contribution < 1.29 is 14.3 Å². The van der Waals surface area contributed by atoms with Gasteiger partial charge < -0.3 is 19.7 Å². The predicted molar refractivity (Wildman–Crippen MR) is 113 cm³/mol. The molecule has 28 heavy (non-hydrogen) atoms. The van der Waals surface area contributed by atoms with Crippen LogP contribution >= 0.6 is 15.9 Å². The molecule has 154 valence electrons. The van der Waals surface area contributed by atoms with Gasteiger partial charge in [-0.3, -0.25) is 4.79 Å². The summed E-state index contributed by atoms with van der Waals surface area (Å²) in [6.07, 6.45) is 2.80. The Bertz CT molecular complexity index is 815. The van der Waals surface area contributed by atoms with E-state index in [0.717, 1.165) is 6.42 Å². The van der Waals surface area contributed by atoms with Crippen molar-refractivity contribution in [2.24, 2.45) is 0 Å². The number of aromatic nitrogens is 3. The molecule has 1 fully saturated rings. The van der Waals surface area contributed by atoms with Gasteiger partial charge in [0, 0.05) is 25.7 Å². The summed E-state index contributed by atoms with van der Waals surface area (Å²) < 4.78 is 13.2. The summed E-state index contributed by atoms with van der Waals surface area (Å²) in [5.41, 5.74) is 1.18. The molecular formula is C19H28BrN5O3. The smallest absolute Gasteiger partial charge is 0.254 e. The molecule has 0 aliphatic carbocycles. The van der Waals surface area contributed by atoms with Crippen molar-refractivity contribution in [1.82, 2.24) is 19.5 Å². The second kappa shape index (κ2) is 11.0. The number of carbonyl (C=O) groups is 1. The van der Waals surface area contributed by atoms with Gasteiger partial charge in [-0.2, -0.15) is 4.52 Å². The maximum absolute atomic E-state index is 12.8. The second-order valence-electron chi connectivity index (χ2n) is 5.79. The van der Waals surface area contributed by atoms with Gasteiger partial charge in [-0.1, -0.05) is 20.8 Å². The fourth-order valence-electron chi connectivity index (χ4n) is 2.69. The van der Waals surface area contributed by atoms with Crippen molar-refractivity contribution in [3.8, 4) is 0 Å². The van der Waals surface area contributed by atoms with E-state index in [1.807, 2.05) is 26.8 Å². The minimum atomic E-state index is -0.0262. The highest BCUT2D eigenvalue weighted by molar-refractivity contribution is 9.11. The highest BCUT2D eigenvalue weighted by Crippen LogP contribution is 2.18. The van der Waals surface area contributed by atoms with Crippen LogP contribution in [0.1, 0.15) is 43.4 Å². The van der Waals surface area contributed by atoms with Gasteiger partial charge in [-0.25, -0.2) is 4.98 Å². The molecule has 0 unspecified atom stereocenters. The number of carbonyl (C=O) groups excluding carboxylic acids is 1. The van der Waals surface area contributed by atoms with E-state index < -0.39 is 0 Å². The van der Waals surface area contributed by atoms with E-state index >= 15 is 0 Å². The largest absolute Gasteiger partial charge is 0.479 e. The molecule has 0 aromatic carbocycles. The SMILES string of the molecule is CC.CC/C=C(/Br)OCc1nc2cc(C(=O)N3CCOCC3)cc(NC)n2n1. The number of nitrogens with zero attached hydrogens (tertiary/aromatic N) is 4. The Labute approximate surface area is 174 Å². The Kier molecular flexibility index (Phi) is 8.72. The minimum absolute atomic E-state index is 0.0262. The zero-order valence-electron chi connectivity index (χ0n) is 16.9. The molecule has 1 aliphatic rings. The van der Waals surface area contributed by atoms with Gasteiger partial charge in [0.25, 0.3) is 5.91 Å². The summed E-state index contributed by atoms with van der Waals surface area (Å²) in [6.45, 7) is 8.61. The zero-order valence-corrected chi connectivity index (χ0v) is 18.5. The average Bonchev–Trinajstić information content (AvgIpc) is 3.16. The maximum atomic E-state index is 12.8. The van der Waals surface area contributed by atoms with E-state index in [1.165, 1.54) is 0 Å². The number of ether oxygens (including phenoxy) is 2. The van der Waals surface area contributed by atoms with Crippen LogP contribution in [-0.4, -0.2) is 58.8 Å². The standard InChI is InChI=1S/C17H22BrN5O3.C2H6/c1-3-4-13(18)26-11-14-20-16-10-12(9-15(19-2)23(16)21-14)17(24)22-5-7-25-8-6-22;1-2/h4,9-10,19H,3,5-8,11H2,1-2H3;1-2H3/b13-4-;. The van der Waals surface area contributed by atoms with Crippen LogP contribution in [0.4, 0.5) is 5.82 Å². The molecule has 9 heteroatoms. The van der Waals surface area contributed by atoms with Crippen LogP contribution in [0, 0.1) is 0 Å². The van der Waals surface area contributed by atoms with Crippen LogP contribution in [0.2, 0.25) is 0 Å². The molecule has 0 atom stereocenters. The fraction of sp³-hybridized carbons (Fsp3) is 0.526. The molecule has 0 radical (unpaired) electrons. The van der Waals surface area contributed by atoms with Crippen molar-refractivity contribution in [1.29, 1.82) is 0 Å². The number of hydrogen-bond donors (Lipinski definition) is 1. The highest BCUT2D eigenvalue weighted by Gasteiger charge is 2.20. The quantitative estimate of drug-likeness (QED) is 0.674. The minimum Gasteiger partial charge on any atom is -0.479 e. The summed E-state index contributed by atoms with van der Waals surface area (Å²) in [5, 5.41) is 7.52. The van der Waals surface area contributed by atoms with Crippen molar-refractivity contribution in [3.05, 3.63) is 34.3 Å². The molecule has 1 saturated heterocycles. The van der Waals surface area contributed by atoms with E-state index in [1.54, 1.807) is 28.6 Å². The predicted octanol–water partition coefficient (Wildman–Crippen LogP) is 3.43. The van der Waals surface area contributed by atoms with Crippen LogP contribution in [-0.2, 0) is 16.1 Å². The average molecular weight is 454 g/mol. The number of pyridine rings is 1. The van der Waals surface area contributed by atoms with Crippen LogP contribution in [0.5, 0.6) is 0 Å². The first-order chi connectivity index (χ1) is 13.6. The zero-order chi connectivity index (χ0) is 20.5. The summed E-state index contributed by atoms with van der Waals surface area (Å²) in [7, 11) is 1.79. The normalized spacial score (nSPS) is 14.5. The number of fused-ring (bicyclic) bond motifs is 1. The number of nitrogens with one attached hydrogen (secondary N) is 1. The molecule has 1 N–H and O–H groups in total. The summed E-state index contributed by atoms with van der Waals surface area (Å²) >= 11 is 3.35. The number of amides is 1. The number of hydrogen-bond acceptors (Lipinski definition) is 6. The molecular weight excluding hydrogens is 426 g/mol. The second-order valence-corrected chi connectivity index (χ2v) is 6.57. The molecule has 3 rings (SSSR count). The monoisotopic (exact) mass is 453 g/mol. The van der Waals surface area contributed by atoms with Gasteiger partial charge in [0.2, 0.25) is 0 Å². The number of allylic oxidation sites excluding steroid dienone is 1. The summed E-state index contributed by atoms with van der Waals surface area (Å²) in [4.78, 5) is 19.0. The Hall–Kier alpha value is -2.13. The third-order valence-corrected chi connectivity index (χ3v) is 4.54. The first-order valence-electron chi connectivity index (χ1n) is 9.55. The molecule has 3 heterocycles. The van der Waals surface area contributed by atoms with Gasteiger partial charge in [0.05, 0.1) is 13.2 Å². The molecule has 2 aromatic rings. The van der Waals surface area contributed by atoms with Crippen LogP contribution < -0.4 is 5.32 Å². The van der Waals surface area contributed by atoms with E-state index in [4.69, 9.17) is 9.47 Å². The van der Waals surface area contributed by atoms with Crippen LogP contribution in [0.3, 0.4) is 0 Å². The van der Waals surface area contributed by atoms with Crippen LogP contribution in [0.25, 0.3) is 5.65 Å². The fourth-order valence-corrected chi connectivity index (χ4v) is 3.13. The lowest BCUT2D eigenvalue weighted by molar-refractivity contribution is 0.0303. The van der Waals surface area contributed by atoms with Crippen molar-refractivity contribution >= 4 is 33.3 Å². The van der Waals surface area contributed by atoms with Crippen LogP contribution in [0.15, 0.2) is 22.9 Å². The summed E-state index contributed by atoms with van der Waals surface area (Å²) in [5.74, 6) is 1.21. The Balaban J connectivity index is 0.00000136. The lowest BCUT2D eigenvalue weighted by atomic mass is 10.2. The van der Waals surface area contributed by atoms with Gasteiger partial charge in [-0.05, 0) is 40.6 Å². The molecule has 1 amide bonds.